The average Bonchev–Trinajstić information content (AvgIpc) is 2.67. The molecule has 1 aromatic heterocycles. The van der Waals surface area contributed by atoms with E-state index in [2.05, 4.69) is 22.4 Å². The molecular formula is C9H18N4S. The van der Waals surface area contributed by atoms with E-state index in [1.54, 1.807) is 5.51 Å². The van der Waals surface area contributed by atoms with Crippen molar-refractivity contribution < 1.29 is 0 Å². The third-order valence-electron chi connectivity index (χ3n) is 2.17. The Labute approximate surface area is 88.9 Å². The van der Waals surface area contributed by atoms with Crippen LogP contribution >= 0.6 is 11.3 Å². The summed E-state index contributed by atoms with van der Waals surface area (Å²) < 4.78 is 0. The number of nitrogens with one attached hydrogen (secondary N) is 1. The number of hydrogen-bond donors (Lipinski definition) is 2. The van der Waals surface area contributed by atoms with Crippen LogP contribution in [0.1, 0.15) is 26.2 Å². The number of nitrogens with zero attached hydrogens (tertiary/aromatic N) is 2. The van der Waals surface area contributed by atoms with Gasteiger partial charge in [-0.1, -0.05) is 24.7 Å². The molecule has 1 rings (SSSR count). The van der Waals surface area contributed by atoms with Crippen LogP contribution in [0.5, 0.6) is 0 Å². The van der Waals surface area contributed by atoms with Crippen LogP contribution in [-0.2, 0) is 0 Å². The monoisotopic (exact) mass is 214 g/mol. The molecule has 3 N–H and O–H groups in total. The molecule has 0 aromatic carbocycles. The van der Waals surface area contributed by atoms with Gasteiger partial charge in [0.05, 0.1) is 0 Å². The highest BCUT2D eigenvalue weighted by Gasteiger charge is 2.07. The summed E-state index contributed by atoms with van der Waals surface area (Å²) in [5.74, 6) is 0.661. The van der Waals surface area contributed by atoms with E-state index in [-0.39, 0.29) is 0 Å². The zero-order chi connectivity index (χ0) is 10.2. The molecule has 4 nitrogen and oxygen atoms in total. The molecule has 80 valence electrons. The lowest BCUT2D eigenvalue weighted by Gasteiger charge is -2.14. The van der Waals surface area contributed by atoms with Gasteiger partial charge in [0.1, 0.15) is 5.51 Å². The second kappa shape index (κ2) is 6.73. The van der Waals surface area contributed by atoms with Gasteiger partial charge in [0.2, 0.25) is 5.13 Å². The summed E-state index contributed by atoms with van der Waals surface area (Å²) in [5.41, 5.74) is 7.29. The summed E-state index contributed by atoms with van der Waals surface area (Å²) in [5, 5.41) is 11.9. The summed E-state index contributed by atoms with van der Waals surface area (Å²) in [6, 6.07) is 0. The Morgan fingerprint density at radius 3 is 3.00 bits per heavy atom. The first-order valence-corrected chi connectivity index (χ1v) is 5.94. The Bertz CT molecular complexity index is 219. The van der Waals surface area contributed by atoms with Crippen molar-refractivity contribution in [3.05, 3.63) is 5.51 Å². The standard InChI is InChI=1S/C9H18N4S/c1-2-3-8(4-5-10)6-11-9-13-12-7-14-9/h7-8H,2-6,10H2,1H3,(H,11,13). The molecule has 0 aliphatic rings. The van der Waals surface area contributed by atoms with Crippen molar-refractivity contribution >= 4 is 16.5 Å². The van der Waals surface area contributed by atoms with E-state index in [1.165, 1.54) is 24.2 Å². The third kappa shape index (κ3) is 4.02. The van der Waals surface area contributed by atoms with Crippen molar-refractivity contribution in [2.24, 2.45) is 11.7 Å². The zero-order valence-corrected chi connectivity index (χ0v) is 9.39. The summed E-state index contributed by atoms with van der Waals surface area (Å²) in [6.07, 6.45) is 3.52. The number of anilines is 1. The molecule has 0 saturated carbocycles. The lowest BCUT2D eigenvalue weighted by atomic mass is 10.00. The number of nitrogens with two attached hydrogens (primary N) is 1. The fourth-order valence-corrected chi connectivity index (χ4v) is 1.93. The van der Waals surface area contributed by atoms with E-state index in [0.717, 1.165) is 24.6 Å². The van der Waals surface area contributed by atoms with Gasteiger partial charge < -0.3 is 11.1 Å². The van der Waals surface area contributed by atoms with Gasteiger partial charge in [0.15, 0.2) is 0 Å². The minimum Gasteiger partial charge on any atom is -0.360 e. The van der Waals surface area contributed by atoms with E-state index in [0.29, 0.717) is 5.92 Å². The second-order valence-electron chi connectivity index (χ2n) is 3.36. The summed E-state index contributed by atoms with van der Waals surface area (Å²) >= 11 is 1.54. The molecular weight excluding hydrogens is 196 g/mol. The smallest absolute Gasteiger partial charge is 0.205 e. The van der Waals surface area contributed by atoms with Crippen LogP contribution < -0.4 is 11.1 Å². The molecule has 0 saturated heterocycles. The van der Waals surface area contributed by atoms with E-state index in [1.807, 2.05) is 0 Å². The highest BCUT2D eigenvalue weighted by atomic mass is 32.1. The molecule has 0 bridgehead atoms. The van der Waals surface area contributed by atoms with Crippen LogP contribution in [-0.4, -0.2) is 23.3 Å². The molecule has 14 heavy (non-hydrogen) atoms. The van der Waals surface area contributed by atoms with Gasteiger partial charge in [-0.05, 0) is 25.3 Å². The lowest BCUT2D eigenvalue weighted by Crippen LogP contribution is -2.17. The number of rotatable bonds is 7. The molecule has 0 amide bonds. The van der Waals surface area contributed by atoms with Crippen LogP contribution in [0.4, 0.5) is 5.13 Å². The second-order valence-corrected chi connectivity index (χ2v) is 4.19. The van der Waals surface area contributed by atoms with Gasteiger partial charge in [-0.15, -0.1) is 10.2 Å². The Kier molecular flexibility index (Phi) is 5.47. The van der Waals surface area contributed by atoms with Crippen molar-refractivity contribution in [2.45, 2.75) is 26.2 Å². The first-order chi connectivity index (χ1) is 6.86. The van der Waals surface area contributed by atoms with Crippen molar-refractivity contribution in [2.75, 3.05) is 18.4 Å². The zero-order valence-electron chi connectivity index (χ0n) is 8.57. The Morgan fingerprint density at radius 2 is 2.43 bits per heavy atom. The predicted octanol–water partition coefficient (Wildman–Crippen LogP) is 1.72. The molecule has 0 aliphatic carbocycles. The Hall–Kier alpha value is -0.680. The van der Waals surface area contributed by atoms with Crippen molar-refractivity contribution in [1.29, 1.82) is 0 Å². The van der Waals surface area contributed by atoms with Crippen LogP contribution in [0.25, 0.3) is 0 Å². The minimum atomic E-state index is 0.661. The normalized spacial score (nSPS) is 12.7. The van der Waals surface area contributed by atoms with Crippen LogP contribution in [0.3, 0.4) is 0 Å². The van der Waals surface area contributed by atoms with E-state index in [4.69, 9.17) is 5.73 Å². The molecule has 0 aliphatic heterocycles. The van der Waals surface area contributed by atoms with Gasteiger partial charge in [-0.2, -0.15) is 0 Å². The molecule has 0 radical (unpaired) electrons. The third-order valence-corrected chi connectivity index (χ3v) is 2.82. The Morgan fingerprint density at radius 1 is 1.57 bits per heavy atom. The van der Waals surface area contributed by atoms with E-state index >= 15 is 0 Å². The largest absolute Gasteiger partial charge is 0.360 e. The van der Waals surface area contributed by atoms with E-state index in [9.17, 15) is 0 Å². The minimum absolute atomic E-state index is 0.661. The maximum atomic E-state index is 5.56. The molecule has 1 atom stereocenters. The molecule has 1 unspecified atom stereocenters. The first-order valence-electron chi connectivity index (χ1n) is 5.07. The quantitative estimate of drug-likeness (QED) is 0.725. The topological polar surface area (TPSA) is 63.8 Å². The van der Waals surface area contributed by atoms with Gasteiger partial charge in [0.25, 0.3) is 0 Å². The van der Waals surface area contributed by atoms with Crippen LogP contribution in [0, 0.1) is 5.92 Å². The molecule has 0 spiro atoms. The predicted molar refractivity (Wildman–Crippen MR) is 60.5 cm³/mol. The highest BCUT2D eigenvalue weighted by Crippen LogP contribution is 2.13. The number of hydrogen-bond acceptors (Lipinski definition) is 5. The van der Waals surface area contributed by atoms with Crippen molar-refractivity contribution in [1.82, 2.24) is 10.2 Å². The SMILES string of the molecule is CCCC(CCN)CNc1nncs1. The maximum absolute atomic E-state index is 5.56. The van der Waals surface area contributed by atoms with Gasteiger partial charge in [0, 0.05) is 6.54 Å². The van der Waals surface area contributed by atoms with Crippen LogP contribution in [0.15, 0.2) is 5.51 Å². The molecule has 1 aromatic rings. The fourth-order valence-electron chi connectivity index (χ4n) is 1.47. The van der Waals surface area contributed by atoms with Gasteiger partial charge in [-0.25, -0.2) is 0 Å². The van der Waals surface area contributed by atoms with Crippen molar-refractivity contribution in [3.8, 4) is 0 Å². The fraction of sp³-hybridized carbons (Fsp3) is 0.778. The first kappa shape index (κ1) is 11.4. The summed E-state index contributed by atoms with van der Waals surface area (Å²) in [6.45, 7) is 3.93. The summed E-state index contributed by atoms with van der Waals surface area (Å²) in [4.78, 5) is 0. The molecule has 5 heteroatoms. The summed E-state index contributed by atoms with van der Waals surface area (Å²) in [7, 11) is 0. The molecule has 1 heterocycles. The van der Waals surface area contributed by atoms with Crippen LogP contribution in [0.2, 0.25) is 0 Å². The Balaban J connectivity index is 2.25. The number of aromatic nitrogens is 2. The molecule has 0 fully saturated rings. The average molecular weight is 214 g/mol. The van der Waals surface area contributed by atoms with Gasteiger partial charge in [-0.3, -0.25) is 0 Å². The van der Waals surface area contributed by atoms with Crippen molar-refractivity contribution in [3.63, 3.8) is 0 Å². The van der Waals surface area contributed by atoms with Gasteiger partial charge >= 0.3 is 0 Å². The van der Waals surface area contributed by atoms with E-state index < -0.39 is 0 Å². The highest BCUT2D eigenvalue weighted by molar-refractivity contribution is 7.13. The lowest BCUT2D eigenvalue weighted by molar-refractivity contribution is 0.473. The maximum Gasteiger partial charge on any atom is 0.205 e.